The quantitative estimate of drug-likeness (QED) is 0.767. The second-order valence-corrected chi connectivity index (χ2v) is 4.24. The lowest BCUT2D eigenvalue weighted by molar-refractivity contribution is 0.473. The van der Waals surface area contributed by atoms with Crippen molar-refractivity contribution in [1.29, 1.82) is 0 Å². The topological polar surface area (TPSA) is 50.9 Å². The third-order valence-electron chi connectivity index (χ3n) is 3.01. The molecule has 0 bridgehead atoms. The van der Waals surface area contributed by atoms with Crippen LogP contribution < -0.4 is 0 Å². The highest BCUT2D eigenvalue weighted by molar-refractivity contribution is 5.80. The molecule has 96 valence electrons. The summed E-state index contributed by atoms with van der Waals surface area (Å²) in [4.78, 5) is 8.43. The summed E-state index contributed by atoms with van der Waals surface area (Å²) in [6.07, 6.45) is 2.99. The molecule has 0 aliphatic heterocycles. The summed E-state index contributed by atoms with van der Waals surface area (Å²) in [5, 5.41) is 9.50. The van der Waals surface area contributed by atoms with Crippen molar-refractivity contribution in [2.45, 2.75) is 13.5 Å². The molecule has 2 heterocycles. The Bertz CT molecular complexity index is 752. The molecular weight excluding hydrogens is 245 g/mol. The molecule has 0 aliphatic rings. The van der Waals surface area contributed by atoms with E-state index in [0.29, 0.717) is 17.9 Å². The van der Waals surface area contributed by atoms with Gasteiger partial charge in [0.1, 0.15) is 17.4 Å². The summed E-state index contributed by atoms with van der Waals surface area (Å²) in [6.45, 7) is 2.62. The summed E-state index contributed by atoms with van der Waals surface area (Å²) in [6, 6.07) is 6.10. The molecule has 0 radical (unpaired) electrons. The van der Waals surface area contributed by atoms with E-state index in [4.69, 9.17) is 0 Å². The molecule has 0 saturated carbocycles. The van der Waals surface area contributed by atoms with Crippen LogP contribution in [0.4, 0.5) is 4.39 Å². The van der Waals surface area contributed by atoms with Crippen LogP contribution in [0.2, 0.25) is 0 Å². The zero-order valence-corrected chi connectivity index (χ0v) is 10.3. The van der Waals surface area contributed by atoms with Crippen LogP contribution in [0.1, 0.15) is 6.92 Å². The molecule has 0 aliphatic carbocycles. The predicted octanol–water partition coefficient (Wildman–Crippen LogP) is 2.96. The number of aromatic nitrogens is 3. The van der Waals surface area contributed by atoms with E-state index in [9.17, 15) is 9.50 Å². The first-order chi connectivity index (χ1) is 9.19. The van der Waals surface area contributed by atoms with Crippen molar-refractivity contribution < 1.29 is 9.50 Å². The minimum atomic E-state index is -0.289. The van der Waals surface area contributed by atoms with Crippen LogP contribution in [0, 0.1) is 5.82 Å². The van der Waals surface area contributed by atoms with E-state index in [1.807, 2.05) is 11.5 Å². The van der Waals surface area contributed by atoms with E-state index in [2.05, 4.69) is 9.97 Å². The molecule has 4 nitrogen and oxygen atoms in total. The van der Waals surface area contributed by atoms with Crippen LogP contribution in [0.25, 0.3) is 22.4 Å². The summed E-state index contributed by atoms with van der Waals surface area (Å²) >= 11 is 0. The van der Waals surface area contributed by atoms with Gasteiger partial charge < -0.3 is 9.67 Å². The van der Waals surface area contributed by atoms with Gasteiger partial charge in [0.2, 0.25) is 0 Å². The van der Waals surface area contributed by atoms with E-state index in [-0.39, 0.29) is 11.6 Å². The second-order valence-electron chi connectivity index (χ2n) is 4.24. The third-order valence-corrected chi connectivity index (χ3v) is 3.01. The molecule has 3 aromatic rings. The van der Waals surface area contributed by atoms with E-state index >= 15 is 0 Å². The largest absolute Gasteiger partial charge is 0.506 e. The standard InChI is InChI=1S/C14H12FN3O/c1-2-18-13-6-10(15)3-4-12(13)17-14(18)9-5-11(19)8-16-7-9/h3-8,19H,2H2,1H3. The number of imidazole rings is 1. The molecular formula is C14H12FN3O. The fraction of sp³-hybridized carbons (Fsp3) is 0.143. The second kappa shape index (κ2) is 4.35. The molecule has 0 amide bonds. The molecule has 19 heavy (non-hydrogen) atoms. The van der Waals surface area contributed by atoms with E-state index in [1.165, 1.54) is 18.3 Å². The number of nitrogens with zero attached hydrogens (tertiary/aromatic N) is 3. The number of aryl methyl sites for hydroxylation is 1. The number of hydrogen-bond acceptors (Lipinski definition) is 3. The van der Waals surface area contributed by atoms with Crippen molar-refractivity contribution >= 4 is 11.0 Å². The van der Waals surface area contributed by atoms with Gasteiger partial charge in [0.25, 0.3) is 0 Å². The van der Waals surface area contributed by atoms with Crippen LogP contribution in [0.3, 0.4) is 0 Å². The number of pyridine rings is 1. The maximum Gasteiger partial charge on any atom is 0.142 e. The minimum Gasteiger partial charge on any atom is -0.506 e. The molecule has 0 atom stereocenters. The average Bonchev–Trinajstić information content (AvgIpc) is 2.76. The van der Waals surface area contributed by atoms with Gasteiger partial charge in [0, 0.05) is 18.3 Å². The van der Waals surface area contributed by atoms with Crippen molar-refractivity contribution in [3.05, 3.63) is 42.5 Å². The fourth-order valence-corrected chi connectivity index (χ4v) is 2.19. The first kappa shape index (κ1) is 11.6. The lowest BCUT2D eigenvalue weighted by atomic mass is 10.2. The number of fused-ring (bicyclic) bond motifs is 1. The zero-order valence-electron chi connectivity index (χ0n) is 10.3. The normalized spacial score (nSPS) is 11.1. The van der Waals surface area contributed by atoms with Crippen LogP contribution in [0.5, 0.6) is 5.75 Å². The van der Waals surface area contributed by atoms with Gasteiger partial charge in [0.05, 0.1) is 17.2 Å². The zero-order chi connectivity index (χ0) is 13.4. The van der Waals surface area contributed by atoms with E-state index < -0.39 is 0 Å². The molecule has 1 N–H and O–H groups in total. The molecule has 2 aromatic heterocycles. The van der Waals surface area contributed by atoms with Crippen LogP contribution >= 0.6 is 0 Å². The highest BCUT2D eigenvalue weighted by Crippen LogP contribution is 2.26. The Morgan fingerprint density at radius 2 is 2.11 bits per heavy atom. The molecule has 0 saturated heterocycles. The Morgan fingerprint density at radius 3 is 2.84 bits per heavy atom. The maximum atomic E-state index is 13.3. The smallest absolute Gasteiger partial charge is 0.142 e. The predicted molar refractivity (Wildman–Crippen MR) is 70.3 cm³/mol. The summed E-state index contributed by atoms with van der Waals surface area (Å²) < 4.78 is 15.2. The maximum absolute atomic E-state index is 13.3. The van der Waals surface area contributed by atoms with Gasteiger partial charge in [0.15, 0.2) is 0 Å². The number of hydrogen-bond donors (Lipinski definition) is 1. The monoisotopic (exact) mass is 257 g/mol. The van der Waals surface area contributed by atoms with Crippen molar-refractivity contribution in [2.75, 3.05) is 0 Å². The number of aromatic hydroxyl groups is 1. The van der Waals surface area contributed by atoms with Crippen molar-refractivity contribution in [1.82, 2.24) is 14.5 Å². The number of halogens is 1. The summed E-state index contributed by atoms with van der Waals surface area (Å²) in [5.41, 5.74) is 2.17. The fourth-order valence-electron chi connectivity index (χ4n) is 2.19. The Morgan fingerprint density at radius 1 is 1.26 bits per heavy atom. The number of benzene rings is 1. The van der Waals surface area contributed by atoms with Crippen molar-refractivity contribution in [3.8, 4) is 17.1 Å². The van der Waals surface area contributed by atoms with Crippen LogP contribution in [0.15, 0.2) is 36.7 Å². The SMILES string of the molecule is CCn1c(-c2cncc(O)c2)nc2ccc(F)cc21. The summed E-state index contributed by atoms with van der Waals surface area (Å²) in [5.74, 6) is 0.465. The van der Waals surface area contributed by atoms with Gasteiger partial charge in [-0.1, -0.05) is 0 Å². The molecule has 1 aromatic carbocycles. The molecule has 0 unspecified atom stereocenters. The molecule has 3 rings (SSSR count). The van der Waals surface area contributed by atoms with Gasteiger partial charge in [-0.15, -0.1) is 0 Å². The molecule has 5 heteroatoms. The van der Waals surface area contributed by atoms with Crippen molar-refractivity contribution in [3.63, 3.8) is 0 Å². The van der Waals surface area contributed by atoms with Crippen molar-refractivity contribution in [2.24, 2.45) is 0 Å². The van der Waals surface area contributed by atoms with E-state index in [1.54, 1.807) is 18.3 Å². The highest BCUT2D eigenvalue weighted by atomic mass is 19.1. The minimum absolute atomic E-state index is 0.0818. The lowest BCUT2D eigenvalue weighted by Crippen LogP contribution is -1.97. The Labute approximate surface area is 109 Å². The number of rotatable bonds is 2. The van der Waals surface area contributed by atoms with Crippen LogP contribution in [-0.2, 0) is 6.54 Å². The Hall–Kier alpha value is -2.43. The highest BCUT2D eigenvalue weighted by Gasteiger charge is 2.12. The summed E-state index contributed by atoms with van der Waals surface area (Å²) in [7, 11) is 0. The van der Waals surface area contributed by atoms with Gasteiger partial charge in [-0.2, -0.15) is 0 Å². The molecule has 0 fully saturated rings. The third kappa shape index (κ3) is 1.93. The first-order valence-electron chi connectivity index (χ1n) is 5.99. The Kier molecular flexibility index (Phi) is 2.67. The van der Waals surface area contributed by atoms with Gasteiger partial charge in [-0.3, -0.25) is 4.98 Å². The average molecular weight is 257 g/mol. The molecule has 0 spiro atoms. The lowest BCUT2D eigenvalue weighted by Gasteiger charge is -2.05. The Balaban J connectivity index is 2.29. The van der Waals surface area contributed by atoms with Crippen LogP contribution in [-0.4, -0.2) is 19.6 Å². The van der Waals surface area contributed by atoms with E-state index in [0.717, 1.165) is 11.0 Å². The van der Waals surface area contributed by atoms with Gasteiger partial charge in [-0.05, 0) is 31.2 Å². The van der Waals surface area contributed by atoms with Gasteiger partial charge >= 0.3 is 0 Å². The van der Waals surface area contributed by atoms with Gasteiger partial charge in [-0.25, -0.2) is 9.37 Å². The first-order valence-corrected chi connectivity index (χ1v) is 5.99.